The fourth-order valence-electron chi connectivity index (χ4n) is 2.74. The number of rotatable bonds is 3. The minimum atomic E-state index is -0.872. The molecule has 112 valence electrons. The monoisotopic (exact) mass is 283 g/mol. The zero-order valence-corrected chi connectivity index (χ0v) is 11.8. The number of hydrogen-bond donors (Lipinski definition) is 2. The highest BCUT2D eigenvalue weighted by atomic mass is 16.4. The van der Waals surface area contributed by atoms with Gasteiger partial charge in [0.1, 0.15) is 6.04 Å². The number of nitrogens with zero attached hydrogens (tertiary/aromatic N) is 2. The first kappa shape index (κ1) is 14.6. The summed E-state index contributed by atoms with van der Waals surface area (Å²) in [5.41, 5.74) is 0. The van der Waals surface area contributed by atoms with Gasteiger partial charge in [-0.05, 0) is 26.7 Å². The Morgan fingerprint density at radius 2 is 2.00 bits per heavy atom. The number of carbonyl (C=O) groups excluding carboxylic acids is 2. The van der Waals surface area contributed by atoms with E-state index in [1.807, 2.05) is 13.8 Å². The van der Waals surface area contributed by atoms with Gasteiger partial charge in [0.15, 0.2) is 0 Å². The molecule has 2 N–H and O–H groups in total. The van der Waals surface area contributed by atoms with Gasteiger partial charge in [0.25, 0.3) is 0 Å². The summed E-state index contributed by atoms with van der Waals surface area (Å²) in [5.74, 6) is -1.42. The molecule has 7 nitrogen and oxygen atoms in total. The molecule has 2 rings (SSSR count). The summed E-state index contributed by atoms with van der Waals surface area (Å²) in [6, 6.07) is -0.681. The molecule has 0 radical (unpaired) electrons. The first-order valence-electron chi connectivity index (χ1n) is 6.99. The summed E-state index contributed by atoms with van der Waals surface area (Å²) < 4.78 is 0. The molecule has 2 unspecified atom stereocenters. The fourth-order valence-corrected chi connectivity index (χ4v) is 2.74. The Balaban J connectivity index is 1.87. The maximum absolute atomic E-state index is 12.1. The Hall–Kier alpha value is -1.79. The van der Waals surface area contributed by atoms with Crippen molar-refractivity contribution in [2.24, 2.45) is 5.92 Å². The van der Waals surface area contributed by atoms with E-state index in [0.717, 1.165) is 0 Å². The SMILES string of the molecule is CC(C)N1CCC(NC(=O)N2CCC(C(=O)O)C2)C1=O. The molecule has 0 aromatic rings. The van der Waals surface area contributed by atoms with Crippen LogP contribution in [0.1, 0.15) is 26.7 Å². The topological polar surface area (TPSA) is 90.0 Å². The van der Waals surface area contributed by atoms with Gasteiger partial charge in [-0.25, -0.2) is 4.79 Å². The lowest BCUT2D eigenvalue weighted by Crippen LogP contribution is -2.48. The normalized spacial score (nSPS) is 26.4. The molecule has 2 fully saturated rings. The van der Waals surface area contributed by atoms with E-state index in [-0.39, 0.29) is 24.5 Å². The van der Waals surface area contributed by atoms with Gasteiger partial charge in [0, 0.05) is 25.7 Å². The molecule has 0 aliphatic carbocycles. The zero-order valence-electron chi connectivity index (χ0n) is 11.8. The van der Waals surface area contributed by atoms with Crippen molar-refractivity contribution in [3.8, 4) is 0 Å². The first-order chi connectivity index (χ1) is 9.40. The maximum Gasteiger partial charge on any atom is 0.318 e. The van der Waals surface area contributed by atoms with Crippen molar-refractivity contribution in [2.45, 2.75) is 38.8 Å². The molecular weight excluding hydrogens is 262 g/mol. The van der Waals surface area contributed by atoms with Crippen molar-refractivity contribution < 1.29 is 19.5 Å². The van der Waals surface area contributed by atoms with Gasteiger partial charge in [-0.15, -0.1) is 0 Å². The van der Waals surface area contributed by atoms with E-state index in [1.165, 1.54) is 4.90 Å². The number of carboxylic acid groups (broad SMARTS) is 1. The van der Waals surface area contributed by atoms with Crippen LogP contribution in [0.4, 0.5) is 4.79 Å². The summed E-state index contributed by atoms with van der Waals surface area (Å²) in [5, 5.41) is 11.6. The Morgan fingerprint density at radius 1 is 1.30 bits per heavy atom. The van der Waals surface area contributed by atoms with E-state index in [0.29, 0.717) is 25.9 Å². The lowest BCUT2D eigenvalue weighted by molar-refractivity contribution is -0.141. The van der Waals surface area contributed by atoms with Crippen molar-refractivity contribution in [3.63, 3.8) is 0 Å². The number of amides is 3. The predicted molar refractivity (Wildman–Crippen MR) is 71.1 cm³/mol. The third-order valence-corrected chi connectivity index (χ3v) is 3.99. The molecule has 2 saturated heterocycles. The second kappa shape index (κ2) is 5.68. The molecule has 20 heavy (non-hydrogen) atoms. The van der Waals surface area contributed by atoms with Gasteiger partial charge in [0.2, 0.25) is 5.91 Å². The van der Waals surface area contributed by atoms with Crippen LogP contribution in [0.3, 0.4) is 0 Å². The number of likely N-dealkylation sites (tertiary alicyclic amines) is 2. The molecular formula is C13H21N3O4. The van der Waals surface area contributed by atoms with E-state index < -0.39 is 17.9 Å². The molecule has 0 aromatic heterocycles. The van der Waals surface area contributed by atoms with Crippen LogP contribution in [-0.2, 0) is 9.59 Å². The minimum absolute atomic E-state index is 0.0534. The Bertz CT molecular complexity index is 424. The third kappa shape index (κ3) is 2.86. The summed E-state index contributed by atoms with van der Waals surface area (Å²) in [6.07, 6.45) is 1.08. The van der Waals surface area contributed by atoms with Gasteiger partial charge in [0.05, 0.1) is 5.92 Å². The fraction of sp³-hybridized carbons (Fsp3) is 0.769. The highest BCUT2D eigenvalue weighted by molar-refractivity contribution is 5.89. The van der Waals surface area contributed by atoms with Crippen LogP contribution in [0.2, 0.25) is 0 Å². The van der Waals surface area contributed by atoms with Crippen molar-refractivity contribution in [2.75, 3.05) is 19.6 Å². The van der Waals surface area contributed by atoms with Crippen LogP contribution in [0.15, 0.2) is 0 Å². The molecule has 2 aliphatic rings. The lowest BCUT2D eigenvalue weighted by Gasteiger charge is -2.22. The van der Waals surface area contributed by atoms with Gasteiger partial charge in [-0.3, -0.25) is 9.59 Å². The van der Waals surface area contributed by atoms with Crippen LogP contribution in [0.25, 0.3) is 0 Å². The Morgan fingerprint density at radius 3 is 2.50 bits per heavy atom. The van der Waals surface area contributed by atoms with Crippen LogP contribution < -0.4 is 5.32 Å². The predicted octanol–water partition coefficient (Wildman–Crippen LogP) is 0.112. The molecule has 2 aliphatic heterocycles. The van der Waals surface area contributed by atoms with Crippen molar-refractivity contribution in [1.29, 1.82) is 0 Å². The molecule has 2 atom stereocenters. The maximum atomic E-state index is 12.1. The number of carbonyl (C=O) groups is 3. The smallest absolute Gasteiger partial charge is 0.318 e. The third-order valence-electron chi connectivity index (χ3n) is 3.99. The van der Waals surface area contributed by atoms with Crippen LogP contribution >= 0.6 is 0 Å². The molecule has 0 saturated carbocycles. The molecule has 0 bridgehead atoms. The standard InChI is InChI=1S/C13H21N3O4/c1-8(2)16-6-4-10(11(16)17)14-13(20)15-5-3-9(7-15)12(18)19/h8-10H,3-7H2,1-2H3,(H,14,20)(H,18,19). The molecule has 7 heteroatoms. The van der Waals surface area contributed by atoms with E-state index >= 15 is 0 Å². The number of hydrogen-bond acceptors (Lipinski definition) is 3. The number of urea groups is 1. The van der Waals surface area contributed by atoms with Gasteiger partial charge < -0.3 is 20.2 Å². The van der Waals surface area contributed by atoms with Crippen LogP contribution in [-0.4, -0.2) is 64.5 Å². The van der Waals surface area contributed by atoms with Gasteiger partial charge >= 0.3 is 12.0 Å². The zero-order chi connectivity index (χ0) is 14.9. The second-order valence-electron chi connectivity index (χ2n) is 5.69. The molecule has 0 aromatic carbocycles. The highest BCUT2D eigenvalue weighted by Crippen LogP contribution is 2.18. The van der Waals surface area contributed by atoms with Gasteiger partial charge in [-0.2, -0.15) is 0 Å². The summed E-state index contributed by atoms with van der Waals surface area (Å²) in [6.45, 7) is 5.19. The second-order valence-corrected chi connectivity index (χ2v) is 5.69. The van der Waals surface area contributed by atoms with Crippen molar-refractivity contribution in [3.05, 3.63) is 0 Å². The minimum Gasteiger partial charge on any atom is -0.481 e. The van der Waals surface area contributed by atoms with E-state index in [2.05, 4.69) is 5.32 Å². The average Bonchev–Trinajstić information content (AvgIpc) is 2.97. The van der Waals surface area contributed by atoms with Crippen LogP contribution in [0, 0.1) is 5.92 Å². The van der Waals surface area contributed by atoms with Crippen LogP contribution in [0.5, 0.6) is 0 Å². The lowest BCUT2D eigenvalue weighted by atomic mass is 10.1. The van der Waals surface area contributed by atoms with E-state index in [4.69, 9.17) is 5.11 Å². The van der Waals surface area contributed by atoms with Crippen molar-refractivity contribution >= 4 is 17.9 Å². The summed E-state index contributed by atoms with van der Waals surface area (Å²) >= 11 is 0. The van der Waals surface area contributed by atoms with E-state index in [1.54, 1.807) is 4.90 Å². The van der Waals surface area contributed by atoms with E-state index in [9.17, 15) is 14.4 Å². The highest BCUT2D eigenvalue weighted by Gasteiger charge is 2.36. The van der Waals surface area contributed by atoms with Crippen molar-refractivity contribution in [1.82, 2.24) is 15.1 Å². The Labute approximate surface area is 117 Å². The number of carboxylic acids is 1. The van der Waals surface area contributed by atoms with Gasteiger partial charge in [-0.1, -0.05) is 0 Å². The number of aliphatic carboxylic acids is 1. The molecule has 2 heterocycles. The first-order valence-corrected chi connectivity index (χ1v) is 6.99. The quantitative estimate of drug-likeness (QED) is 0.769. The number of nitrogens with one attached hydrogen (secondary N) is 1. The largest absolute Gasteiger partial charge is 0.481 e. The summed E-state index contributed by atoms with van der Waals surface area (Å²) in [4.78, 5) is 38.2. The average molecular weight is 283 g/mol. The molecule has 0 spiro atoms. The summed E-state index contributed by atoms with van der Waals surface area (Å²) in [7, 11) is 0. The Kier molecular flexibility index (Phi) is 4.15. The molecule has 3 amide bonds.